The second-order valence-electron chi connectivity index (χ2n) is 12.7. The maximum Gasteiger partial charge on any atom is 0.409 e. The molecule has 0 aliphatic carbocycles. The maximum absolute atomic E-state index is 13.3. The van der Waals surface area contributed by atoms with Crippen LogP contribution in [0.5, 0.6) is 17.2 Å². The van der Waals surface area contributed by atoms with Gasteiger partial charge in [0.2, 0.25) is 0 Å². The zero-order valence-corrected chi connectivity index (χ0v) is 27.4. The van der Waals surface area contributed by atoms with Crippen LogP contribution in [0, 0.1) is 0 Å². The number of carboxylic acid groups (broad SMARTS) is 1. The van der Waals surface area contributed by atoms with Crippen molar-refractivity contribution in [1.82, 2.24) is 14.8 Å². The first-order chi connectivity index (χ1) is 22.3. The van der Waals surface area contributed by atoms with Crippen LogP contribution in [0.3, 0.4) is 0 Å². The molecular formula is C35H40N6O6. The summed E-state index contributed by atoms with van der Waals surface area (Å²) in [7, 11) is 5.44. The fourth-order valence-electron chi connectivity index (χ4n) is 5.56. The molecule has 1 saturated heterocycles. The van der Waals surface area contributed by atoms with Crippen LogP contribution in [0.1, 0.15) is 43.2 Å². The van der Waals surface area contributed by atoms with Crippen molar-refractivity contribution < 1.29 is 29.0 Å². The molecule has 4 amide bonds. The average Bonchev–Trinajstić information content (AvgIpc) is 3.52. The lowest BCUT2D eigenvalue weighted by Gasteiger charge is -2.23. The molecule has 0 spiro atoms. The summed E-state index contributed by atoms with van der Waals surface area (Å²) in [6.45, 7) is 7.28. The van der Waals surface area contributed by atoms with Crippen LogP contribution in [-0.4, -0.2) is 78.3 Å². The molecule has 1 aliphatic rings. The number of aromatic nitrogens is 1. The Labute approximate surface area is 273 Å². The van der Waals surface area contributed by atoms with Gasteiger partial charge in [0.1, 0.15) is 17.2 Å². The van der Waals surface area contributed by atoms with Crippen molar-refractivity contribution in [2.24, 2.45) is 0 Å². The van der Waals surface area contributed by atoms with Gasteiger partial charge in [0.15, 0.2) is 5.75 Å². The van der Waals surface area contributed by atoms with Gasteiger partial charge < -0.3 is 35.0 Å². The number of fused-ring (bicyclic) bond motifs is 1. The van der Waals surface area contributed by atoms with Crippen molar-refractivity contribution in [1.29, 1.82) is 0 Å². The van der Waals surface area contributed by atoms with E-state index in [9.17, 15) is 19.5 Å². The van der Waals surface area contributed by atoms with E-state index in [-0.39, 0.29) is 22.8 Å². The number of hydrogen-bond acceptors (Lipinski definition) is 7. The van der Waals surface area contributed by atoms with E-state index in [1.54, 1.807) is 42.6 Å². The summed E-state index contributed by atoms with van der Waals surface area (Å²) in [6, 6.07) is 17.5. The van der Waals surface area contributed by atoms with Crippen LogP contribution >= 0.6 is 0 Å². The largest absolute Gasteiger partial charge is 0.492 e. The van der Waals surface area contributed by atoms with Crippen LogP contribution in [0.4, 0.5) is 26.7 Å². The Balaban J connectivity index is 1.37. The van der Waals surface area contributed by atoms with Gasteiger partial charge in [0, 0.05) is 42.2 Å². The number of ether oxygens (including phenoxy) is 2. The zero-order chi connectivity index (χ0) is 33.9. The molecule has 4 aromatic rings. The normalized spacial score (nSPS) is 14.6. The molecule has 12 nitrogen and oxygen atoms in total. The van der Waals surface area contributed by atoms with Gasteiger partial charge in [-0.1, -0.05) is 45.0 Å². The van der Waals surface area contributed by atoms with Crippen molar-refractivity contribution in [3.63, 3.8) is 0 Å². The Hall–Kier alpha value is -5.36. The van der Waals surface area contributed by atoms with Crippen LogP contribution < -0.4 is 25.4 Å². The molecule has 4 N–H and O–H groups in total. The summed E-state index contributed by atoms with van der Waals surface area (Å²) in [6.07, 6.45) is 1.22. The number of likely N-dealkylation sites (N-methyl/N-ethyl adjacent to an activating group) is 1. The second kappa shape index (κ2) is 13.6. The van der Waals surface area contributed by atoms with Crippen LogP contribution in [0.2, 0.25) is 0 Å². The molecule has 2 heterocycles. The standard InChI is InChI=1S/C35H40N6O6/c1-35(2,3)21-17-27(31(46-6)28(18-21)39-34(44)45)38-33(43)37-26-11-12-30(25-10-8-7-9-24(25)26)47-23-13-15-36-29(19-23)32(42)41-16-14-22(20-41)40(4)5/h7-13,15,17-19,22,39H,14,16,20H2,1-6H3,(H,44,45)(H2,37,38,43). The summed E-state index contributed by atoms with van der Waals surface area (Å²) < 4.78 is 11.8. The first kappa shape index (κ1) is 33.0. The van der Waals surface area contributed by atoms with Crippen LogP contribution in [0.15, 0.2) is 66.9 Å². The van der Waals surface area contributed by atoms with Crippen molar-refractivity contribution >= 4 is 45.9 Å². The van der Waals surface area contributed by atoms with Gasteiger partial charge in [-0.05, 0) is 61.8 Å². The highest BCUT2D eigenvalue weighted by atomic mass is 16.5. The predicted molar refractivity (Wildman–Crippen MR) is 182 cm³/mol. The lowest BCUT2D eigenvalue weighted by molar-refractivity contribution is 0.0777. The number of amides is 4. The monoisotopic (exact) mass is 640 g/mol. The molecule has 5 rings (SSSR count). The minimum Gasteiger partial charge on any atom is -0.492 e. The highest BCUT2D eigenvalue weighted by Crippen LogP contribution is 2.39. The van der Waals surface area contributed by atoms with E-state index in [2.05, 4.69) is 25.8 Å². The van der Waals surface area contributed by atoms with E-state index >= 15 is 0 Å². The number of nitrogens with zero attached hydrogens (tertiary/aromatic N) is 3. The number of carbonyl (C=O) groups is 3. The fourth-order valence-corrected chi connectivity index (χ4v) is 5.56. The lowest BCUT2D eigenvalue weighted by atomic mass is 9.86. The fraction of sp³-hybridized carbons (Fsp3) is 0.314. The van der Waals surface area contributed by atoms with E-state index in [4.69, 9.17) is 9.47 Å². The molecule has 1 unspecified atom stereocenters. The van der Waals surface area contributed by atoms with Gasteiger partial charge in [0.25, 0.3) is 5.91 Å². The summed E-state index contributed by atoms with van der Waals surface area (Å²) in [5.41, 5.74) is 1.81. The number of likely N-dealkylation sites (tertiary alicyclic amines) is 1. The molecule has 246 valence electrons. The van der Waals surface area contributed by atoms with Crippen molar-refractivity contribution in [3.8, 4) is 17.2 Å². The molecular weight excluding hydrogens is 600 g/mol. The van der Waals surface area contributed by atoms with Gasteiger partial charge in [-0.15, -0.1) is 0 Å². The molecule has 1 aromatic heterocycles. The third-order valence-electron chi connectivity index (χ3n) is 8.14. The number of nitrogens with one attached hydrogen (secondary N) is 3. The molecule has 0 radical (unpaired) electrons. The number of hydrogen-bond donors (Lipinski definition) is 4. The third kappa shape index (κ3) is 7.55. The molecule has 0 saturated carbocycles. The van der Waals surface area contributed by atoms with Gasteiger partial charge in [-0.2, -0.15) is 0 Å². The molecule has 1 atom stereocenters. The number of rotatable bonds is 8. The Morgan fingerprint density at radius 3 is 2.26 bits per heavy atom. The third-order valence-corrected chi connectivity index (χ3v) is 8.14. The first-order valence-corrected chi connectivity index (χ1v) is 15.3. The van der Waals surface area contributed by atoms with Crippen molar-refractivity contribution in [3.05, 3.63) is 78.1 Å². The molecule has 0 bridgehead atoms. The number of pyridine rings is 1. The SMILES string of the molecule is COc1c(NC(=O)O)cc(C(C)(C)C)cc1NC(=O)Nc1ccc(Oc2ccnc(C(=O)N3CCC(N(C)C)C3)c2)c2ccccc12. The summed E-state index contributed by atoms with van der Waals surface area (Å²) in [5.74, 6) is 1.05. The smallest absolute Gasteiger partial charge is 0.409 e. The van der Waals surface area contributed by atoms with Crippen LogP contribution in [-0.2, 0) is 5.41 Å². The zero-order valence-electron chi connectivity index (χ0n) is 27.4. The number of anilines is 3. The highest BCUT2D eigenvalue weighted by molar-refractivity contribution is 6.08. The van der Waals surface area contributed by atoms with Crippen LogP contribution in [0.25, 0.3) is 10.8 Å². The van der Waals surface area contributed by atoms with E-state index in [1.165, 1.54) is 7.11 Å². The Bertz CT molecular complexity index is 1820. The van der Waals surface area contributed by atoms with Crippen molar-refractivity contribution in [2.45, 2.75) is 38.6 Å². The van der Waals surface area contributed by atoms with E-state index < -0.39 is 12.1 Å². The molecule has 3 aromatic carbocycles. The molecule has 12 heteroatoms. The highest BCUT2D eigenvalue weighted by Gasteiger charge is 2.29. The maximum atomic E-state index is 13.3. The van der Waals surface area contributed by atoms with Gasteiger partial charge in [-0.3, -0.25) is 15.1 Å². The topological polar surface area (TPSA) is 145 Å². The van der Waals surface area contributed by atoms with E-state index in [1.807, 2.05) is 64.0 Å². The van der Waals surface area contributed by atoms with Gasteiger partial charge in [0.05, 0.1) is 24.2 Å². The Morgan fingerprint density at radius 2 is 1.62 bits per heavy atom. The number of benzene rings is 3. The molecule has 47 heavy (non-hydrogen) atoms. The minimum atomic E-state index is -1.25. The average molecular weight is 641 g/mol. The summed E-state index contributed by atoms with van der Waals surface area (Å²) >= 11 is 0. The Morgan fingerprint density at radius 1 is 0.936 bits per heavy atom. The van der Waals surface area contributed by atoms with Gasteiger partial charge in [-0.25, -0.2) is 9.59 Å². The first-order valence-electron chi connectivity index (χ1n) is 15.3. The summed E-state index contributed by atoms with van der Waals surface area (Å²) in [5, 5.41) is 18.9. The van der Waals surface area contributed by atoms with E-state index in [0.717, 1.165) is 22.8 Å². The second-order valence-corrected chi connectivity index (χ2v) is 12.7. The quantitative estimate of drug-likeness (QED) is 0.164. The number of carbonyl (C=O) groups excluding carboxylic acids is 2. The lowest BCUT2D eigenvalue weighted by Crippen LogP contribution is -2.34. The number of methoxy groups -OCH3 is 1. The Kier molecular flexibility index (Phi) is 9.52. The van der Waals surface area contributed by atoms with Crippen molar-refractivity contribution in [2.75, 3.05) is 50.2 Å². The van der Waals surface area contributed by atoms with E-state index in [0.29, 0.717) is 47.7 Å². The molecule has 1 fully saturated rings. The predicted octanol–water partition coefficient (Wildman–Crippen LogP) is 6.84. The number of urea groups is 1. The minimum absolute atomic E-state index is 0.134. The van der Waals surface area contributed by atoms with Gasteiger partial charge >= 0.3 is 12.1 Å². The summed E-state index contributed by atoms with van der Waals surface area (Å²) in [4.78, 5) is 46.3. The molecule has 1 aliphatic heterocycles.